The maximum Gasteiger partial charge on any atom is 0.246 e. The molecule has 1 heterocycles. The van der Waals surface area contributed by atoms with Crippen LogP contribution in [0.1, 0.15) is 38.7 Å². The first-order valence-corrected chi connectivity index (χ1v) is 8.83. The Morgan fingerprint density at radius 2 is 2.00 bits per heavy atom. The number of amides is 3. The van der Waals surface area contributed by atoms with Gasteiger partial charge in [0.1, 0.15) is 12.1 Å². The normalized spacial score (nSPS) is 22.2. The fourth-order valence-corrected chi connectivity index (χ4v) is 3.17. The number of nitrogens with one attached hydrogen (secondary N) is 1. The summed E-state index contributed by atoms with van der Waals surface area (Å²) >= 11 is 0. The first-order chi connectivity index (χ1) is 11.9. The summed E-state index contributed by atoms with van der Waals surface area (Å²) in [5.41, 5.74) is 6.44. The van der Waals surface area contributed by atoms with Crippen LogP contribution in [-0.4, -0.2) is 41.2 Å². The first-order valence-electron chi connectivity index (χ1n) is 8.83. The standard InChI is InChI=1S/C19H27N3O3/c1-13-7-6-12-22(14(2)18(20)24)19(25)17(13)21-16(23)11-10-15-8-4-3-5-9-15/h3-5,8-9,13-14,17H,6-7,10-12H2,1-2H3,(H2,20,24)(H,21,23). The Kier molecular flexibility index (Phi) is 6.56. The smallest absolute Gasteiger partial charge is 0.246 e. The molecular formula is C19H27N3O3. The molecule has 3 unspecified atom stereocenters. The summed E-state index contributed by atoms with van der Waals surface area (Å²) < 4.78 is 0. The molecule has 136 valence electrons. The summed E-state index contributed by atoms with van der Waals surface area (Å²) in [5.74, 6) is -0.873. The fourth-order valence-electron chi connectivity index (χ4n) is 3.17. The van der Waals surface area contributed by atoms with E-state index in [1.54, 1.807) is 6.92 Å². The quantitative estimate of drug-likeness (QED) is 0.812. The van der Waals surface area contributed by atoms with E-state index in [1.165, 1.54) is 4.90 Å². The molecule has 1 fully saturated rings. The lowest BCUT2D eigenvalue weighted by Gasteiger charge is -2.30. The second-order valence-corrected chi connectivity index (χ2v) is 6.76. The minimum Gasteiger partial charge on any atom is -0.368 e. The summed E-state index contributed by atoms with van der Waals surface area (Å²) in [6.07, 6.45) is 2.56. The zero-order valence-electron chi connectivity index (χ0n) is 14.9. The third kappa shape index (κ3) is 5.05. The zero-order valence-corrected chi connectivity index (χ0v) is 14.9. The minimum absolute atomic E-state index is 0.0262. The number of carbonyl (C=O) groups is 3. The van der Waals surface area contributed by atoms with Crippen LogP contribution in [0.25, 0.3) is 0 Å². The van der Waals surface area contributed by atoms with Crippen LogP contribution in [0.15, 0.2) is 30.3 Å². The van der Waals surface area contributed by atoms with Gasteiger partial charge in [-0.05, 0) is 37.7 Å². The van der Waals surface area contributed by atoms with Crippen molar-refractivity contribution in [1.82, 2.24) is 10.2 Å². The number of carbonyl (C=O) groups excluding carboxylic acids is 3. The molecule has 6 nitrogen and oxygen atoms in total. The van der Waals surface area contributed by atoms with Crippen LogP contribution >= 0.6 is 0 Å². The molecule has 2 rings (SSSR count). The molecule has 3 amide bonds. The van der Waals surface area contributed by atoms with E-state index < -0.39 is 18.0 Å². The van der Waals surface area contributed by atoms with Crippen molar-refractivity contribution < 1.29 is 14.4 Å². The molecule has 3 atom stereocenters. The third-order valence-electron chi connectivity index (χ3n) is 4.86. The molecule has 1 saturated heterocycles. The number of primary amides is 1. The topological polar surface area (TPSA) is 92.5 Å². The molecule has 1 aromatic carbocycles. The van der Waals surface area contributed by atoms with Gasteiger partial charge >= 0.3 is 0 Å². The molecule has 1 aliphatic heterocycles. The number of aryl methyl sites for hydroxylation is 1. The Hall–Kier alpha value is -2.37. The SMILES string of the molecule is CC1CCCN(C(C)C(N)=O)C(=O)C1NC(=O)CCc1ccccc1. The monoisotopic (exact) mass is 345 g/mol. The molecule has 0 saturated carbocycles. The lowest BCUT2D eigenvalue weighted by Crippen LogP contribution is -2.55. The van der Waals surface area contributed by atoms with Gasteiger partial charge in [0.15, 0.2) is 0 Å². The maximum absolute atomic E-state index is 12.8. The number of nitrogens with zero attached hydrogens (tertiary/aromatic N) is 1. The lowest BCUT2D eigenvalue weighted by atomic mass is 9.97. The van der Waals surface area contributed by atoms with Gasteiger partial charge in [-0.3, -0.25) is 14.4 Å². The summed E-state index contributed by atoms with van der Waals surface area (Å²) in [7, 11) is 0. The highest BCUT2D eigenvalue weighted by molar-refractivity contribution is 5.91. The van der Waals surface area contributed by atoms with E-state index in [-0.39, 0.29) is 17.7 Å². The predicted molar refractivity (Wildman–Crippen MR) is 95.5 cm³/mol. The van der Waals surface area contributed by atoms with Gasteiger partial charge in [-0.1, -0.05) is 37.3 Å². The average Bonchev–Trinajstić information content (AvgIpc) is 2.73. The maximum atomic E-state index is 12.8. The second kappa shape index (κ2) is 8.65. The van der Waals surface area contributed by atoms with Crippen LogP contribution in [0.2, 0.25) is 0 Å². The van der Waals surface area contributed by atoms with Gasteiger partial charge in [-0.15, -0.1) is 0 Å². The van der Waals surface area contributed by atoms with E-state index in [2.05, 4.69) is 5.32 Å². The van der Waals surface area contributed by atoms with E-state index in [9.17, 15) is 14.4 Å². The lowest BCUT2D eigenvalue weighted by molar-refractivity contribution is -0.142. The molecular weight excluding hydrogens is 318 g/mol. The van der Waals surface area contributed by atoms with Crippen molar-refractivity contribution in [1.29, 1.82) is 0 Å². The average molecular weight is 345 g/mol. The highest BCUT2D eigenvalue weighted by Gasteiger charge is 2.36. The highest BCUT2D eigenvalue weighted by Crippen LogP contribution is 2.20. The summed E-state index contributed by atoms with van der Waals surface area (Å²) in [5, 5.41) is 2.87. The molecule has 3 N–H and O–H groups in total. The first kappa shape index (κ1) is 19.0. The van der Waals surface area contributed by atoms with Gasteiger partial charge in [0.05, 0.1) is 0 Å². The number of hydrogen-bond acceptors (Lipinski definition) is 3. The Balaban J connectivity index is 2.00. The molecule has 0 aliphatic carbocycles. The Labute approximate surface area is 148 Å². The van der Waals surface area contributed by atoms with Crippen molar-refractivity contribution >= 4 is 17.7 Å². The minimum atomic E-state index is -0.665. The predicted octanol–water partition coefficient (Wildman–Crippen LogP) is 1.24. The van der Waals surface area contributed by atoms with Gasteiger partial charge in [0.25, 0.3) is 0 Å². The van der Waals surface area contributed by atoms with Gasteiger partial charge in [-0.25, -0.2) is 0 Å². The Bertz CT molecular complexity index is 618. The number of likely N-dealkylation sites (tertiary alicyclic amines) is 1. The summed E-state index contributed by atoms with van der Waals surface area (Å²) in [6.45, 7) is 4.08. The molecule has 1 aliphatic rings. The van der Waals surface area contributed by atoms with Crippen molar-refractivity contribution in [3.05, 3.63) is 35.9 Å². The molecule has 25 heavy (non-hydrogen) atoms. The van der Waals surface area contributed by atoms with Gasteiger partial charge in [-0.2, -0.15) is 0 Å². The van der Waals surface area contributed by atoms with E-state index in [0.717, 1.165) is 18.4 Å². The number of benzene rings is 1. The van der Waals surface area contributed by atoms with Crippen molar-refractivity contribution in [3.8, 4) is 0 Å². The van der Waals surface area contributed by atoms with Gasteiger partial charge < -0.3 is 16.0 Å². The number of rotatable bonds is 6. The molecule has 0 radical (unpaired) electrons. The zero-order chi connectivity index (χ0) is 18.4. The second-order valence-electron chi connectivity index (χ2n) is 6.76. The van der Waals surface area contributed by atoms with Crippen LogP contribution < -0.4 is 11.1 Å². The van der Waals surface area contributed by atoms with E-state index >= 15 is 0 Å². The summed E-state index contributed by atoms with van der Waals surface area (Å²) in [6, 6.07) is 8.49. The number of nitrogens with two attached hydrogens (primary N) is 1. The van der Waals surface area contributed by atoms with Crippen molar-refractivity contribution in [2.45, 2.75) is 51.6 Å². The molecule has 1 aromatic rings. The van der Waals surface area contributed by atoms with E-state index in [4.69, 9.17) is 5.73 Å². The fraction of sp³-hybridized carbons (Fsp3) is 0.526. The largest absolute Gasteiger partial charge is 0.368 e. The molecule has 0 spiro atoms. The van der Waals surface area contributed by atoms with Crippen LogP contribution in [0.4, 0.5) is 0 Å². The summed E-state index contributed by atoms with van der Waals surface area (Å²) in [4.78, 5) is 38.1. The van der Waals surface area contributed by atoms with E-state index in [0.29, 0.717) is 19.4 Å². The molecule has 0 bridgehead atoms. The van der Waals surface area contributed by atoms with E-state index in [1.807, 2.05) is 37.3 Å². The Morgan fingerprint density at radius 3 is 2.64 bits per heavy atom. The Morgan fingerprint density at radius 1 is 1.32 bits per heavy atom. The van der Waals surface area contributed by atoms with Crippen LogP contribution in [0.5, 0.6) is 0 Å². The van der Waals surface area contributed by atoms with Gasteiger partial charge in [0, 0.05) is 13.0 Å². The highest BCUT2D eigenvalue weighted by atomic mass is 16.2. The third-order valence-corrected chi connectivity index (χ3v) is 4.86. The van der Waals surface area contributed by atoms with Crippen molar-refractivity contribution in [2.75, 3.05) is 6.54 Å². The van der Waals surface area contributed by atoms with Crippen molar-refractivity contribution in [2.24, 2.45) is 11.7 Å². The molecule has 6 heteroatoms. The molecule has 0 aromatic heterocycles. The van der Waals surface area contributed by atoms with Crippen LogP contribution in [0.3, 0.4) is 0 Å². The number of hydrogen-bond donors (Lipinski definition) is 2. The van der Waals surface area contributed by atoms with Crippen LogP contribution in [0, 0.1) is 5.92 Å². The van der Waals surface area contributed by atoms with Crippen molar-refractivity contribution in [3.63, 3.8) is 0 Å². The van der Waals surface area contributed by atoms with Gasteiger partial charge in [0.2, 0.25) is 17.7 Å². The van der Waals surface area contributed by atoms with Crippen LogP contribution in [-0.2, 0) is 20.8 Å².